The highest BCUT2D eigenvalue weighted by atomic mass is 16.5. The van der Waals surface area contributed by atoms with E-state index in [2.05, 4.69) is 0 Å². The van der Waals surface area contributed by atoms with Crippen molar-refractivity contribution in [1.29, 1.82) is 0 Å². The predicted molar refractivity (Wildman–Crippen MR) is 96.9 cm³/mol. The first kappa shape index (κ1) is 18.2. The molecule has 0 radical (unpaired) electrons. The SMILES string of the molecule is CCOC(=O)[C@@H]1CCCN(C(=O)Cc2cc(=O)oc3cc(C)ccc23)C1. The van der Waals surface area contributed by atoms with Crippen LogP contribution in [0.3, 0.4) is 0 Å². The molecule has 0 aliphatic carbocycles. The number of ether oxygens (including phenoxy) is 1. The Morgan fingerprint density at radius 3 is 2.88 bits per heavy atom. The van der Waals surface area contributed by atoms with Crippen molar-refractivity contribution in [3.8, 4) is 0 Å². The third kappa shape index (κ3) is 3.95. The van der Waals surface area contributed by atoms with Gasteiger partial charge in [-0.25, -0.2) is 4.79 Å². The quantitative estimate of drug-likeness (QED) is 0.620. The number of hydrogen-bond donors (Lipinski definition) is 0. The molecular weight excluding hydrogens is 334 g/mol. The lowest BCUT2D eigenvalue weighted by Crippen LogP contribution is -2.43. The van der Waals surface area contributed by atoms with E-state index in [-0.39, 0.29) is 24.2 Å². The first-order chi connectivity index (χ1) is 12.5. The van der Waals surface area contributed by atoms with E-state index in [0.29, 0.717) is 30.8 Å². The van der Waals surface area contributed by atoms with Crippen molar-refractivity contribution in [2.75, 3.05) is 19.7 Å². The fourth-order valence-corrected chi connectivity index (χ4v) is 3.41. The Labute approximate surface area is 151 Å². The first-order valence-corrected chi connectivity index (χ1v) is 8.95. The maximum Gasteiger partial charge on any atom is 0.336 e. The Kier molecular flexibility index (Phi) is 5.40. The molecule has 1 aliphatic heterocycles. The molecule has 3 rings (SSSR count). The van der Waals surface area contributed by atoms with Gasteiger partial charge in [0.2, 0.25) is 5.91 Å². The molecule has 1 aromatic heterocycles. The lowest BCUT2D eigenvalue weighted by atomic mass is 9.97. The number of aryl methyl sites for hydroxylation is 1. The second-order valence-corrected chi connectivity index (χ2v) is 6.70. The van der Waals surface area contributed by atoms with E-state index in [1.165, 1.54) is 6.07 Å². The summed E-state index contributed by atoms with van der Waals surface area (Å²) in [5.74, 6) is -0.606. The molecular formula is C20H23NO5. The van der Waals surface area contributed by atoms with E-state index in [0.717, 1.165) is 23.8 Å². The summed E-state index contributed by atoms with van der Waals surface area (Å²) in [4.78, 5) is 38.2. The Bertz CT molecular complexity index is 885. The number of benzene rings is 1. The second kappa shape index (κ2) is 7.72. The number of esters is 1. The van der Waals surface area contributed by atoms with Gasteiger partial charge in [-0.05, 0) is 43.9 Å². The fraction of sp³-hybridized carbons (Fsp3) is 0.450. The third-order valence-corrected chi connectivity index (χ3v) is 4.72. The van der Waals surface area contributed by atoms with Crippen molar-refractivity contribution in [3.63, 3.8) is 0 Å². The van der Waals surface area contributed by atoms with Gasteiger partial charge in [0.25, 0.3) is 0 Å². The topological polar surface area (TPSA) is 76.8 Å². The summed E-state index contributed by atoms with van der Waals surface area (Å²) >= 11 is 0. The van der Waals surface area contributed by atoms with Crippen LogP contribution in [0.4, 0.5) is 0 Å². The summed E-state index contributed by atoms with van der Waals surface area (Å²) in [5, 5.41) is 0.766. The number of carbonyl (C=O) groups is 2. The Morgan fingerprint density at radius 1 is 1.31 bits per heavy atom. The molecule has 1 aliphatic rings. The zero-order chi connectivity index (χ0) is 18.7. The zero-order valence-electron chi connectivity index (χ0n) is 15.1. The molecule has 1 aromatic carbocycles. The highest BCUT2D eigenvalue weighted by molar-refractivity contribution is 5.87. The molecule has 0 spiro atoms. The number of rotatable bonds is 4. The van der Waals surface area contributed by atoms with E-state index in [4.69, 9.17) is 9.15 Å². The van der Waals surface area contributed by atoms with E-state index >= 15 is 0 Å². The smallest absolute Gasteiger partial charge is 0.336 e. The van der Waals surface area contributed by atoms with Crippen molar-refractivity contribution in [2.45, 2.75) is 33.1 Å². The van der Waals surface area contributed by atoms with E-state index < -0.39 is 5.63 Å². The van der Waals surface area contributed by atoms with E-state index in [1.54, 1.807) is 17.9 Å². The lowest BCUT2D eigenvalue weighted by Gasteiger charge is -2.31. The summed E-state index contributed by atoms with van der Waals surface area (Å²) in [6.07, 6.45) is 1.62. The van der Waals surface area contributed by atoms with Crippen molar-refractivity contribution >= 4 is 22.8 Å². The summed E-state index contributed by atoms with van der Waals surface area (Å²) in [6, 6.07) is 6.96. The number of carbonyl (C=O) groups excluding carboxylic acids is 2. The highest BCUT2D eigenvalue weighted by Gasteiger charge is 2.29. The number of fused-ring (bicyclic) bond motifs is 1. The monoisotopic (exact) mass is 357 g/mol. The molecule has 26 heavy (non-hydrogen) atoms. The predicted octanol–water partition coefficient (Wildman–Crippen LogP) is 2.45. The van der Waals surface area contributed by atoms with E-state index in [1.807, 2.05) is 19.1 Å². The molecule has 1 amide bonds. The minimum Gasteiger partial charge on any atom is -0.466 e. The number of nitrogens with zero attached hydrogens (tertiary/aromatic N) is 1. The molecule has 0 saturated carbocycles. The number of likely N-dealkylation sites (tertiary alicyclic amines) is 1. The Balaban J connectivity index is 1.78. The minimum absolute atomic E-state index is 0.0912. The van der Waals surface area contributed by atoms with Gasteiger partial charge in [0.15, 0.2) is 0 Å². The van der Waals surface area contributed by atoms with Crippen LogP contribution < -0.4 is 5.63 Å². The van der Waals surface area contributed by atoms with Gasteiger partial charge < -0.3 is 14.1 Å². The van der Waals surface area contributed by atoms with Crippen LogP contribution in [-0.2, 0) is 20.7 Å². The molecule has 138 valence electrons. The molecule has 6 heteroatoms. The molecule has 1 saturated heterocycles. The van der Waals surface area contributed by atoms with Crippen LogP contribution in [0.5, 0.6) is 0 Å². The Morgan fingerprint density at radius 2 is 2.12 bits per heavy atom. The number of piperidine rings is 1. The average molecular weight is 357 g/mol. The van der Waals surface area contributed by atoms with Gasteiger partial charge in [-0.2, -0.15) is 0 Å². The molecule has 0 N–H and O–H groups in total. The summed E-state index contributed by atoms with van der Waals surface area (Å²) in [7, 11) is 0. The van der Waals surface area contributed by atoms with Gasteiger partial charge in [-0.3, -0.25) is 9.59 Å². The van der Waals surface area contributed by atoms with Crippen molar-refractivity contribution in [3.05, 3.63) is 45.8 Å². The average Bonchev–Trinajstić information content (AvgIpc) is 2.61. The van der Waals surface area contributed by atoms with Crippen LogP contribution in [0.25, 0.3) is 11.0 Å². The largest absolute Gasteiger partial charge is 0.466 e. The van der Waals surface area contributed by atoms with Crippen LogP contribution >= 0.6 is 0 Å². The van der Waals surface area contributed by atoms with Gasteiger partial charge in [0, 0.05) is 24.5 Å². The van der Waals surface area contributed by atoms with Crippen LogP contribution in [0.1, 0.15) is 30.9 Å². The number of hydrogen-bond acceptors (Lipinski definition) is 5. The van der Waals surface area contributed by atoms with Gasteiger partial charge >= 0.3 is 11.6 Å². The minimum atomic E-state index is -0.464. The molecule has 2 heterocycles. The maximum atomic E-state index is 12.8. The van der Waals surface area contributed by atoms with Crippen molar-refractivity contribution in [2.24, 2.45) is 5.92 Å². The van der Waals surface area contributed by atoms with Gasteiger partial charge in [-0.1, -0.05) is 12.1 Å². The van der Waals surface area contributed by atoms with Crippen LogP contribution in [0, 0.1) is 12.8 Å². The fourth-order valence-electron chi connectivity index (χ4n) is 3.41. The molecule has 0 bridgehead atoms. The Hall–Kier alpha value is -2.63. The summed E-state index contributed by atoms with van der Waals surface area (Å²) in [6.45, 7) is 5.02. The molecule has 2 aromatic rings. The first-order valence-electron chi connectivity index (χ1n) is 8.95. The molecule has 0 unspecified atom stereocenters. The third-order valence-electron chi connectivity index (χ3n) is 4.72. The molecule has 6 nitrogen and oxygen atoms in total. The molecule has 1 atom stereocenters. The summed E-state index contributed by atoms with van der Waals surface area (Å²) in [5.41, 5.74) is 1.66. The van der Waals surface area contributed by atoms with E-state index in [9.17, 15) is 14.4 Å². The van der Waals surface area contributed by atoms with Gasteiger partial charge in [-0.15, -0.1) is 0 Å². The number of amides is 1. The van der Waals surface area contributed by atoms with Crippen LogP contribution in [0.15, 0.2) is 33.5 Å². The van der Waals surface area contributed by atoms with Crippen molar-refractivity contribution < 1.29 is 18.7 Å². The second-order valence-electron chi connectivity index (χ2n) is 6.70. The summed E-state index contributed by atoms with van der Waals surface area (Å²) < 4.78 is 10.3. The highest BCUT2D eigenvalue weighted by Crippen LogP contribution is 2.22. The maximum absolute atomic E-state index is 12.8. The normalized spacial score (nSPS) is 17.3. The van der Waals surface area contributed by atoms with Crippen LogP contribution in [0.2, 0.25) is 0 Å². The van der Waals surface area contributed by atoms with Gasteiger partial charge in [0.05, 0.1) is 18.9 Å². The molecule has 1 fully saturated rings. The zero-order valence-corrected chi connectivity index (χ0v) is 15.1. The standard InChI is InChI=1S/C20H23NO5/c1-3-25-20(24)14-5-4-8-21(12-14)18(22)10-15-11-19(23)26-17-9-13(2)6-7-16(15)17/h6-7,9,11,14H,3-5,8,10,12H2,1-2H3/t14-/m1/s1. The lowest BCUT2D eigenvalue weighted by molar-refractivity contribution is -0.151. The van der Waals surface area contributed by atoms with Crippen LogP contribution in [-0.4, -0.2) is 36.5 Å². The van der Waals surface area contributed by atoms with Gasteiger partial charge in [0.1, 0.15) is 5.58 Å². The van der Waals surface area contributed by atoms with Crippen molar-refractivity contribution in [1.82, 2.24) is 4.90 Å².